The van der Waals surface area contributed by atoms with E-state index < -0.39 is 0 Å². The fourth-order valence-electron chi connectivity index (χ4n) is 1.30. The SMILES string of the molecule is C[C](C)(C)[GeH][C](C)(C)C.[Li]. The molecule has 0 rings (SSSR count). The fourth-order valence-corrected chi connectivity index (χ4v) is 6.75. The van der Waals surface area contributed by atoms with Crippen LogP contribution in [0.4, 0.5) is 0 Å². The quantitative estimate of drug-likeness (QED) is 0.520. The molecule has 0 aliphatic rings. The minimum Gasteiger partial charge on any atom is 0 e. The molecule has 0 fully saturated rings. The third kappa shape index (κ3) is 11.9. The zero-order valence-electron chi connectivity index (χ0n) is 8.58. The van der Waals surface area contributed by atoms with Crippen LogP contribution in [0.3, 0.4) is 0 Å². The van der Waals surface area contributed by atoms with Crippen LogP contribution in [0.1, 0.15) is 41.5 Å². The standard InChI is InChI=1S/C8H19Ge.Li/c1-7(2,3)9-8(4,5)6;/h9H,1-6H3;. The Hall–Kier alpha value is 1.14. The van der Waals surface area contributed by atoms with E-state index in [-0.39, 0.29) is 34.3 Å². The molecule has 0 unspecified atom stereocenters. The maximum absolute atomic E-state index is 2.36. The molecule has 2 heteroatoms. The Morgan fingerprint density at radius 2 is 0.900 bits per heavy atom. The van der Waals surface area contributed by atoms with Crippen LogP contribution in [0.25, 0.3) is 0 Å². The van der Waals surface area contributed by atoms with Gasteiger partial charge in [-0.1, -0.05) is 0 Å². The smallest absolute Gasteiger partial charge is 0 e. The summed E-state index contributed by atoms with van der Waals surface area (Å²) in [6, 6.07) is 0. The molecule has 0 saturated heterocycles. The van der Waals surface area contributed by atoms with E-state index in [1.165, 1.54) is 0 Å². The second kappa shape index (κ2) is 4.24. The molecule has 0 aromatic carbocycles. The zero-order chi connectivity index (χ0) is 7.71. The molecule has 2 radical (unpaired) electrons. The van der Waals surface area contributed by atoms with Gasteiger partial charge in [-0.05, 0) is 0 Å². The number of hydrogen-bond donors (Lipinski definition) is 0. The summed E-state index contributed by atoms with van der Waals surface area (Å²) in [6.45, 7) is 14.2. The van der Waals surface area contributed by atoms with Gasteiger partial charge < -0.3 is 0 Å². The number of hydrogen-bond acceptors (Lipinski definition) is 0. The van der Waals surface area contributed by atoms with Crippen LogP contribution in [-0.2, 0) is 0 Å². The molecule has 0 amide bonds. The zero-order valence-corrected chi connectivity index (χ0v) is 11.0. The van der Waals surface area contributed by atoms with E-state index in [4.69, 9.17) is 0 Å². The van der Waals surface area contributed by atoms with Crippen molar-refractivity contribution in [3.63, 3.8) is 0 Å². The maximum atomic E-state index is 2.36. The maximum Gasteiger partial charge on any atom is 0 e. The molecule has 56 valence electrons. The first-order valence-electron chi connectivity index (χ1n) is 3.58. The Kier molecular flexibility index (Phi) is 5.81. The van der Waals surface area contributed by atoms with Gasteiger partial charge in [0.05, 0.1) is 0 Å². The van der Waals surface area contributed by atoms with Crippen LogP contribution >= 0.6 is 0 Å². The van der Waals surface area contributed by atoms with Gasteiger partial charge >= 0.3 is 65.5 Å². The van der Waals surface area contributed by atoms with Crippen molar-refractivity contribution in [1.82, 2.24) is 0 Å². The van der Waals surface area contributed by atoms with Gasteiger partial charge in [0.15, 0.2) is 0 Å². The third-order valence-corrected chi connectivity index (χ3v) is 4.50. The second-order valence-electron chi connectivity index (χ2n) is 4.88. The first kappa shape index (κ1) is 13.7. The molecule has 0 bridgehead atoms. The van der Waals surface area contributed by atoms with Crippen LogP contribution in [-0.4, -0.2) is 34.3 Å². The van der Waals surface area contributed by atoms with Gasteiger partial charge in [0, 0.05) is 18.9 Å². The summed E-state index contributed by atoms with van der Waals surface area (Å²) >= 11 is -0.0625. The Labute approximate surface area is 84.2 Å². The van der Waals surface area contributed by atoms with Gasteiger partial charge in [0.2, 0.25) is 0 Å². The minimum absolute atomic E-state index is 0. The number of rotatable bonds is 0. The van der Waals surface area contributed by atoms with Crippen molar-refractivity contribution in [2.24, 2.45) is 0 Å². The van der Waals surface area contributed by atoms with Gasteiger partial charge in [-0.25, -0.2) is 0 Å². The summed E-state index contributed by atoms with van der Waals surface area (Å²) in [4.78, 5) is 0. The Balaban J connectivity index is 0. The molecule has 0 aromatic heterocycles. The van der Waals surface area contributed by atoms with Crippen molar-refractivity contribution in [3.05, 3.63) is 0 Å². The topological polar surface area (TPSA) is 0 Å². The molecular weight excluding hydrogens is 176 g/mol. The molecule has 0 heterocycles. The first-order valence-corrected chi connectivity index (χ1v) is 6.00. The molecule has 0 spiro atoms. The van der Waals surface area contributed by atoms with E-state index in [2.05, 4.69) is 41.5 Å². The van der Waals surface area contributed by atoms with Crippen molar-refractivity contribution in [2.45, 2.75) is 50.0 Å². The van der Waals surface area contributed by atoms with E-state index in [1.807, 2.05) is 0 Å². The Morgan fingerprint density at radius 1 is 0.700 bits per heavy atom. The molecule has 10 heavy (non-hydrogen) atoms. The van der Waals surface area contributed by atoms with Crippen molar-refractivity contribution in [2.75, 3.05) is 0 Å². The van der Waals surface area contributed by atoms with Gasteiger partial charge in [-0.3, -0.25) is 0 Å². The summed E-state index contributed by atoms with van der Waals surface area (Å²) in [7, 11) is 0. The van der Waals surface area contributed by atoms with Crippen LogP contribution < -0.4 is 0 Å². The van der Waals surface area contributed by atoms with Crippen molar-refractivity contribution < 1.29 is 0 Å². The minimum atomic E-state index is -0.0625. The molecule has 0 aliphatic carbocycles. The van der Waals surface area contributed by atoms with Gasteiger partial charge in [0.1, 0.15) is 0 Å². The van der Waals surface area contributed by atoms with Crippen LogP contribution in [0, 0.1) is 0 Å². The van der Waals surface area contributed by atoms with Crippen molar-refractivity contribution >= 4 is 34.3 Å². The van der Waals surface area contributed by atoms with Crippen molar-refractivity contribution in [3.8, 4) is 0 Å². The summed E-state index contributed by atoms with van der Waals surface area (Å²) in [5.74, 6) is 0. The molecule has 0 atom stereocenters. The molecular formula is C8H19GeLi. The van der Waals surface area contributed by atoms with Gasteiger partial charge in [0.25, 0.3) is 0 Å². The Morgan fingerprint density at radius 3 is 0.900 bits per heavy atom. The van der Waals surface area contributed by atoms with Crippen LogP contribution in [0.5, 0.6) is 0 Å². The summed E-state index contributed by atoms with van der Waals surface area (Å²) < 4.78 is 1.28. The van der Waals surface area contributed by atoms with E-state index in [0.717, 1.165) is 0 Å². The fraction of sp³-hybridized carbons (Fsp3) is 1.00. The predicted molar refractivity (Wildman–Crippen MR) is 52.3 cm³/mol. The summed E-state index contributed by atoms with van der Waals surface area (Å²) in [5.41, 5.74) is 0. The molecule has 0 aliphatic heterocycles. The predicted octanol–water partition coefficient (Wildman–Crippen LogP) is 2.48. The van der Waals surface area contributed by atoms with Gasteiger partial charge in [-0.2, -0.15) is 0 Å². The molecule has 0 aromatic rings. The first-order chi connectivity index (χ1) is 3.71. The largest absolute Gasteiger partial charge is 0 e. The second-order valence-corrected chi connectivity index (χ2v) is 12.8. The Bertz CT molecular complexity index is 74.4. The summed E-state index contributed by atoms with van der Waals surface area (Å²) in [5, 5.41) is 0. The van der Waals surface area contributed by atoms with E-state index in [0.29, 0.717) is 8.49 Å². The average Bonchev–Trinajstić information content (AvgIpc) is 1.14. The van der Waals surface area contributed by atoms with E-state index in [1.54, 1.807) is 0 Å². The van der Waals surface area contributed by atoms with Crippen LogP contribution in [0.2, 0.25) is 8.49 Å². The van der Waals surface area contributed by atoms with Gasteiger partial charge in [-0.15, -0.1) is 0 Å². The van der Waals surface area contributed by atoms with Crippen LogP contribution in [0.15, 0.2) is 0 Å². The molecule has 0 saturated carbocycles. The third-order valence-electron chi connectivity index (χ3n) is 0.866. The molecule has 0 nitrogen and oxygen atoms in total. The summed E-state index contributed by atoms with van der Waals surface area (Å²) in [6.07, 6.45) is 0. The van der Waals surface area contributed by atoms with Crippen molar-refractivity contribution in [1.29, 1.82) is 0 Å². The molecule has 0 N–H and O–H groups in total. The van der Waals surface area contributed by atoms with E-state index in [9.17, 15) is 0 Å². The van der Waals surface area contributed by atoms with E-state index >= 15 is 0 Å². The average molecular weight is 195 g/mol. The monoisotopic (exact) mass is 196 g/mol. The normalized spacial score (nSPS) is 12.6.